The van der Waals surface area contributed by atoms with Gasteiger partial charge in [0.05, 0.1) is 6.04 Å². The van der Waals surface area contributed by atoms with Crippen LogP contribution in [0, 0.1) is 0 Å². The molecule has 0 spiro atoms. The molecule has 126 valence electrons. The molecule has 2 heterocycles. The maximum atomic E-state index is 12.5. The second-order valence-electron chi connectivity index (χ2n) is 6.43. The summed E-state index contributed by atoms with van der Waals surface area (Å²) >= 11 is 0. The summed E-state index contributed by atoms with van der Waals surface area (Å²) in [4.78, 5) is 12.5. The number of benzene rings is 2. The monoisotopic (exact) mass is 332 g/mol. The van der Waals surface area contributed by atoms with E-state index in [4.69, 9.17) is 0 Å². The highest BCUT2D eigenvalue weighted by Crippen LogP contribution is 2.27. The fourth-order valence-corrected chi connectivity index (χ4v) is 3.36. The van der Waals surface area contributed by atoms with Gasteiger partial charge in [-0.05, 0) is 24.5 Å². The highest BCUT2D eigenvalue weighted by atomic mass is 16.2. The van der Waals surface area contributed by atoms with Gasteiger partial charge in [0.15, 0.2) is 5.82 Å². The van der Waals surface area contributed by atoms with Crippen molar-refractivity contribution >= 4 is 5.91 Å². The normalized spacial score (nSPS) is 19.3. The Balaban J connectivity index is 1.67. The Hall–Kier alpha value is -2.95. The minimum atomic E-state index is -0.296. The summed E-state index contributed by atoms with van der Waals surface area (Å²) < 4.78 is 2.00. The fourth-order valence-electron chi connectivity index (χ4n) is 3.36. The molecule has 1 N–H and O–H groups in total. The van der Waals surface area contributed by atoms with E-state index in [2.05, 4.69) is 39.8 Å². The number of nitrogens with zero attached hydrogens (tertiary/aromatic N) is 3. The van der Waals surface area contributed by atoms with Crippen molar-refractivity contribution in [2.24, 2.45) is 0 Å². The number of carbonyl (C=O) groups is 1. The van der Waals surface area contributed by atoms with Crippen molar-refractivity contribution in [3.05, 3.63) is 83.4 Å². The summed E-state index contributed by atoms with van der Waals surface area (Å²) in [7, 11) is 0. The average molecular weight is 332 g/mol. The summed E-state index contributed by atoms with van der Waals surface area (Å²) in [6, 6.07) is 19.8. The van der Waals surface area contributed by atoms with Gasteiger partial charge < -0.3 is 9.88 Å². The van der Waals surface area contributed by atoms with Crippen LogP contribution in [-0.2, 0) is 17.6 Å². The molecule has 1 aliphatic heterocycles. The van der Waals surface area contributed by atoms with Gasteiger partial charge in [0, 0.05) is 6.42 Å². The molecule has 0 bridgehead atoms. The lowest BCUT2D eigenvalue weighted by atomic mass is 10.0. The van der Waals surface area contributed by atoms with Crippen LogP contribution in [0.15, 0.2) is 60.7 Å². The van der Waals surface area contributed by atoms with Crippen molar-refractivity contribution in [1.29, 1.82) is 0 Å². The van der Waals surface area contributed by atoms with E-state index in [1.54, 1.807) is 0 Å². The van der Waals surface area contributed by atoms with Gasteiger partial charge in [0.25, 0.3) is 0 Å². The maximum Gasteiger partial charge on any atom is 0.243 e. The van der Waals surface area contributed by atoms with Gasteiger partial charge in [-0.3, -0.25) is 4.79 Å². The number of nitrogens with one attached hydrogen (secondary N) is 1. The van der Waals surface area contributed by atoms with Gasteiger partial charge in [-0.1, -0.05) is 60.7 Å². The number of carbonyl (C=O) groups excluding carboxylic acids is 1. The van der Waals surface area contributed by atoms with Gasteiger partial charge in [-0.2, -0.15) is 0 Å². The summed E-state index contributed by atoms with van der Waals surface area (Å²) in [6.07, 6.45) is 1.38. The first-order chi connectivity index (χ1) is 12.2. The minimum absolute atomic E-state index is 0.0162. The van der Waals surface area contributed by atoms with E-state index >= 15 is 0 Å². The first-order valence-corrected chi connectivity index (χ1v) is 8.54. The molecule has 0 fully saturated rings. The summed E-state index contributed by atoms with van der Waals surface area (Å²) in [5, 5.41) is 11.9. The molecule has 5 heteroatoms. The molecular weight excluding hydrogens is 312 g/mol. The summed E-state index contributed by atoms with van der Waals surface area (Å²) in [5.41, 5.74) is 2.33. The van der Waals surface area contributed by atoms with Crippen molar-refractivity contribution in [2.75, 3.05) is 0 Å². The topological polar surface area (TPSA) is 59.8 Å². The predicted octanol–water partition coefficient (Wildman–Crippen LogP) is 2.84. The second-order valence-corrected chi connectivity index (χ2v) is 6.43. The van der Waals surface area contributed by atoms with Crippen LogP contribution in [0.4, 0.5) is 0 Å². The Bertz CT molecular complexity index is 873. The van der Waals surface area contributed by atoms with Gasteiger partial charge in [0.2, 0.25) is 5.91 Å². The number of amides is 1. The van der Waals surface area contributed by atoms with E-state index < -0.39 is 0 Å². The number of aromatic nitrogens is 3. The van der Waals surface area contributed by atoms with Crippen LogP contribution in [0.1, 0.15) is 41.8 Å². The second kappa shape index (κ2) is 6.51. The summed E-state index contributed by atoms with van der Waals surface area (Å²) in [6.45, 7) is 1.90. The Morgan fingerprint density at radius 2 is 1.60 bits per heavy atom. The molecule has 5 nitrogen and oxygen atoms in total. The third-order valence-electron chi connectivity index (χ3n) is 4.68. The van der Waals surface area contributed by atoms with Gasteiger partial charge in [-0.25, -0.2) is 0 Å². The smallest absolute Gasteiger partial charge is 0.243 e. The van der Waals surface area contributed by atoms with Crippen LogP contribution in [0.3, 0.4) is 0 Å². The Morgan fingerprint density at radius 3 is 2.28 bits per heavy atom. The number of hydrogen-bond acceptors (Lipinski definition) is 3. The third kappa shape index (κ3) is 3.05. The quantitative estimate of drug-likeness (QED) is 0.799. The van der Waals surface area contributed by atoms with Crippen molar-refractivity contribution in [2.45, 2.75) is 31.8 Å². The molecule has 1 aliphatic rings. The standard InChI is InChI=1S/C20H20N4O/c1-14-20(25)21-17(12-15-8-4-2-5-9-15)19-23-22-18(24(14)19)13-16-10-6-3-7-11-16/h2-11,14,17H,12-13H2,1H3,(H,21,25)/t14-,17+/m1/s1. The molecule has 0 unspecified atom stereocenters. The first-order valence-electron chi connectivity index (χ1n) is 8.54. The van der Waals surface area contributed by atoms with Gasteiger partial charge in [-0.15, -0.1) is 10.2 Å². The van der Waals surface area contributed by atoms with Gasteiger partial charge >= 0.3 is 0 Å². The van der Waals surface area contributed by atoms with E-state index in [1.165, 1.54) is 5.56 Å². The minimum Gasteiger partial charge on any atom is -0.344 e. The van der Waals surface area contributed by atoms with Crippen LogP contribution < -0.4 is 5.32 Å². The SMILES string of the molecule is C[C@@H]1C(=O)N[C@@H](Cc2ccccc2)c2nnc(Cc3ccccc3)n21. The summed E-state index contributed by atoms with van der Waals surface area (Å²) in [5.74, 6) is 1.69. The lowest BCUT2D eigenvalue weighted by Crippen LogP contribution is -2.42. The van der Waals surface area contributed by atoms with Crippen LogP contribution >= 0.6 is 0 Å². The van der Waals surface area contributed by atoms with Crippen molar-refractivity contribution < 1.29 is 4.79 Å². The fraction of sp³-hybridized carbons (Fsp3) is 0.250. The van der Waals surface area contributed by atoms with Crippen molar-refractivity contribution in [3.8, 4) is 0 Å². The lowest BCUT2D eigenvalue weighted by molar-refractivity contribution is -0.126. The molecule has 25 heavy (non-hydrogen) atoms. The predicted molar refractivity (Wildman–Crippen MR) is 95.0 cm³/mol. The van der Waals surface area contributed by atoms with Crippen LogP contribution in [0.2, 0.25) is 0 Å². The van der Waals surface area contributed by atoms with Crippen molar-refractivity contribution in [1.82, 2.24) is 20.1 Å². The van der Waals surface area contributed by atoms with Gasteiger partial charge in [0.1, 0.15) is 11.9 Å². The number of hydrogen-bond donors (Lipinski definition) is 1. The van der Waals surface area contributed by atoms with E-state index in [1.807, 2.05) is 47.9 Å². The highest BCUT2D eigenvalue weighted by molar-refractivity contribution is 5.81. The highest BCUT2D eigenvalue weighted by Gasteiger charge is 2.34. The Morgan fingerprint density at radius 1 is 0.960 bits per heavy atom. The largest absolute Gasteiger partial charge is 0.344 e. The molecule has 1 aromatic heterocycles. The molecule has 4 rings (SSSR count). The van der Waals surface area contributed by atoms with E-state index in [0.29, 0.717) is 12.8 Å². The first kappa shape index (κ1) is 15.6. The van der Waals surface area contributed by atoms with E-state index in [0.717, 1.165) is 17.2 Å². The third-order valence-corrected chi connectivity index (χ3v) is 4.68. The number of rotatable bonds is 4. The number of fused-ring (bicyclic) bond motifs is 1. The average Bonchev–Trinajstić information content (AvgIpc) is 3.05. The Labute approximate surface area is 146 Å². The van der Waals surface area contributed by atoms with E-state index in [-0.39, 0.29) is 18.0 Å². The molecule has 0 radical (unpaired) electrons. The van der Waals surface area contributed by atoms with E-state index in [9.17, 15) is 4.79 Å². The zero-order chi connectivity index (χ0) is 17.2. The lowest BCUT2D eigenvalue weighted by Gasteiger charge is -2.29. The van der Waals surface area contributed by atoms with Crippen molar-refractivity contribution in [3.63, 3.8) is 0 Å². The zero-order valence-electron chi connectivity index (χ0n) is 14.1. The molecule has 0 aliphatic carbocycles. The van der Waals surface area contributed by atoms with Crippen LogP contribution in [0.5, 0.6) is 0 Å². The van der Waals surface area contributed by atoms with Crippen LogP contribution in [-0.4, -0.2) is 20.7 Å². The molecule has 0 saturated heterocycles. The maximum absolute atomic E-state index is 12.5. The molecule has 1 amide bonds. The molecule has 2 atom stereocenters. The Kier molecular flexibility index (Phi) is 4.06. The molecular formula is C20H20N4O. The van der Waals surface area contributed by atoms with Crippen LogP contribution in [0.25, 0.3) is 0 Å². The molecule has 2 aromatic carbocycles. The molecule has 3 aromatic rings. The molecule has 0 saturated carbocycles. The zero-order valence-corrected chi connectivity index (χ0v) is 14.1.